The maximum Gasteiger partial charge on any atom is 0.303 e. The number of hydrogen-bond acceptors (Lipinski definition) is 2. The van der Waals surface area contributed by atoms with Crippen molar-refractivity contribution in [1.29, 1.82) is 0 Å². The summed E-state index contributed by atoms with van der Waals surface area (Å²) in [5, 5.41) is 12.2. The Morgan fingerprint density at radius 2 is 1.86 bits per heavy atom. The molecule has 3 heteroatoms. The van der Waals surface area contributed by atoms with Gasteiger partial charge < -0.3 is 10.4 Å². The van der Waals surface area contributed by atoms with Crippen molar-refractivity contribution < 1.29 is 9.90 Å². The van der Waals surface area contributed by atoms with Crippen molar-refractivity contribution in [3.8, 4) is 0 Å². The molecule has 0 radical (unpaired) electrons. The van der Waals surface area contributed by atoms with Crippen LogP contribution in [0.15, 0.2) is 24.3 Å². The minimum Gasteiger partial charge on any atom is -0.481 e. The van der Waals surface area contributed by atoms with Gasteiger partial charge in [0.2, 0.25) is 0 Å². The minimum atomic E-state index is -0.724. The molecule has 0 heterocycles. The Balaban J connectivity index is 2.57. The fourth-order valence-corrected chi connectivity index (χ4v) is 2.51. The zero-order valence-corrected chi connectivity index (χ0v) is 13.6. The summed E-state index contributed by atoms with van der Waals surface area (Å²) in [4.78, 5) is 10.5. The second kappa shape index (κ2) is 9.56. The summed E-state index contributed by atoms with van der Waals surface area (Å²) in [6.07, 6.45) is 4.51. The lowest BCUT2D eigenvalue weighted by molar-refractivity contribution is -0.137. The first-order valence-corrected chi connectivity index (χ1v) is 8.08. The van der Waals surface area contributed by atoms with Gasteiger partial charge in [-0.15, -0.1) is 0 Å². The summed E-state index contributed by atoms with van der Waals surface area (Å²) >= 11 is 0. The summed E-state index contributed by atoms with van der Waals surface area (Å²) < 4.78 is 0. The van der Waals surface area contributed by atoms with Crippen LogP contribution in [-0.4, -0.2) is 17.6 Å². The molecule has 1 atom stereocenters. The number of carbonyl (C=O) groups is 1. The molecule has 1 unspecified atom stereocenters. The number of nitrogens with one attached hydrogen (secondary N) is 1. The average Bonchev–Trinajstić information content (AvgIpc) is 2.45. The lowest BCUT2D eigenvalue weighted by Crippen LogP contribution is -2.27. The van der Waals surface area contributed by atoms with Crippen molar-refractivity contribution in [2.45, 2.75) is 58.9 Å². The second-order valence-corrected chi connectivity index (χ2v) is 6.02. The molecule has 1 aromatic carbocycles. The van der Waals surface area contributed by atoms with E-state index in [9.17, 15) is 4.79 Å². The first kappa shape index (κ1) is 17.7. The van der Waals surface area contributed by atoms with Crippen molar-refractivity contribution in [3.05, 3.63) is 35.4 Å². The molecule has 118 valence electrons. The van der Waals surface area contributed by atoms with E-state index >= 15 is 0 Å². The van der Waals surface area contributed by atoms with Crippen LogP contribution in [0.2, 0.25) is 0 Å². The fourth-order valence-electron chi connectivity index (χ4n) is 2.51. The van der Waals surface area contributed by atoms with E-state index in [-0.39, 0.29) is 6.42 Å². The van der Waals surface area contributed by atoms with Gasteiger partial charge in [0.25, 0.3) is 0 Å². The maximum atomic E-state index is 10.5. The van der Waals surface area contributed by atoms with Gasteiger partial charge in [-0.1, -0.05) is 51.5 Å². The molecule has 0 bridgehead atoms. The Kier molecular flexibility index (Phi) is 8.06. The van der Waals surface area contributed by atoms with Crippen molar-refractivity contribution in [2.24, 2.45) is 5.92 Å². The zero-order valence-electron chi connectivity index (χ0n) is 13.6. The number of hydrogen-bond donors (Lipinski definition) is 2. The van der Waals surface area contributed by atoms with Gasteiger partial charge in [0, 0.05) is 12.5 Å². The number of aryl methyl sites for hydroxylation is 1. The van der Waals surface area contributed by atoms with Crippen LogP contribution < -0.4 is 5.32 Å². The predicted octanol–water partition coefficient (Wildman–Crippen LogP) is 4.18. The smallest absolute Gasteiger partial charge is 0.303 e. The van der Waals surface area contributed by atoms with E-state index < -0.39 is 5.97 Å². The lowest BCUT2D eigenvalue weighted by atomic mass is 9.94. The van der Waals surface area contributed by atoms with Gasteiger partial charge in [0.15, 0.2) is 0 Å². The monoisotopic (exact) mass is 291 g/mol. The molecule has 0 aliphatic heterocycles. The summed E-state index contributed by atoms with van der Waals surface area (Å²) in [6, 6.07) is 9.15. The molecule has 0 saturated carbocycles. The Labute approximate surface area is 128 Å². The minimum absolute atomic E-state index is 0.230. The topological polar surface area (TPSA) is 49.3 Å². The van der Waals surface area contributed by atoms with E-state index in [1.54, 1.807) is 0 Å². The predicted molar refractivity (Wildman–Crippen MR) is 87.5 cm³/mol. The van der Waals surface area contributed by atoms with Crippen molar-refractivity contribution in [1.82, 2.24) is 5.32 Å². The van der Waals surface area contributed by atoms with Crippen LogP contribution in [0, 0.1) is 5.92 Å². The van der Waals surface area contributed by atoms with E-state index in [2.05, 4.69) is 50.4 Å². The Hall–Kier alpha value is -1.35. The van der Waals surface area contributed by atoms with Crippen molar-refractivity contribution >= 4 is 5.97 Å². The van der Waals surface area contributed by atoms with E-state index in [1.807, 2.05) is 0 Å². The number of carboxylic acid groups (broad SMARTS) is 1. The van der Waals surface area contributed by atoms with Crippen LogP contribution in [0.3, 0.4) is 0 Å². The number of unbranched alkanes of at least 4 members (excludes halogenated alkanes) is 1. The van der Waals surface area contributed by atoms with Crippen LogP contribution in [-0.2, 0) is 11.2 Å². The lowest BCUT2D eigenvalue weighted by Gasteiger charge is -2.23. The van der Waals surface area contributed by atoms with E-state index in [1.165, 1.54) is 24.0 Å². The molecular weight excluding hydrogens is 262 g/mol. The van der Waals surface area contributed by atoms with Gasteiger partial charge in [-0.2, -0.15) is 0 Å². The van der Waals surface area contributed by atoms with E-state index in [4.69, 9.17) is 5.11 Å². The molecule has 1 aromatic rings. The number of rotatable bonds is 10. The Morgan fingerprint density at radius 3 is 2.38 bits per heavy atom. The largest absolute Gasteiger partial charge is 0.481 e. The van der Waals surface area contributed by atoms with E-state index in [0.717, 1.165) is 13.0 Å². The first-order chi connectivity index (χ1) is 10.0. The molecule has 0 aliphatic rings. The summed E-state index contributed by atoms with van der Waals surface area (Å²) in [5.74, 6) is -0.241. The molecule has 21 heavy (non-hydrogen) atoms. The molecule has 0 spiro atoms. The Morgan fingerprint density at radius 1 is 1.19 bits per heavy atom. The van der Waals surface area contributed by atoms with Gasteiger partial charge in [0.05, 0.1) is 0 Å². The second-order valence-electron chi connectivity index (χ2n) is 6.02. The van der Waals surface area contributed by atoms with Crippen LogP contribution in [0.25, 0.3) is 0 Å². The molecule has 0 amide bonds. The molecule has 0 fully saturated rings. The van der Waals surface area contributed by atoms with Crippen molar-refractivity contribution in [3.63, 3.8) is 0 Å². The van der Waals surface area contributed by atoms with E-state index in [0.29, 0.717) is 18.4 Å². The third-order valence-electron chi connectivity index (χ3n) is 3.76. The van der Waals surface area contributed by atoms with Gasteiger partial charge in [-0.3, -0.25) is 4.79 Å². The maximum absolute atomic E-state index is 10.5. The number of benzene rings is 1. The molecule has 3 nitrogen and oxygen atoms in total. The highest BCUT2D eigenvalue weighted by molar-refractivity contribution is 5.66. The van der Waals surface area contributed by atoms with Crippen LogP contribution in [0.1, 0.15) is 63.6 Å². The van der Waals surface area contributed by atoms with Gasteiger partial charge in [0.1, 0.15) is 0 Å². The summed E-state index contributed by atoms with van der Waals surface area (Å²) in [7, 11) is 0. The fraction of sp³-hybridized carbons (Fsp3) is 0.611. The van der Waals surface area contributed by atoms with Crippen molar-refractivity contribution in [2.75, 3.05) is 6.54 Å². The number of aliphatic carboxylic acids is 1. The standard InChI is InChI=1S/C18H29NO2/c1-4-5-7-15-9-11-16(12-10-15)18(14(2)3)19-13-6-8-17(20)21/h9-12,14,18-19H,4-8,13H2,1-3H3,(H,20,21). The first-order valence-electron chi connectivity index (χ1n) is 8.08. The number of carboxylic acids is 1. The highest BCUT2D eigenvalue weighted by Crippen LogP contribution is 2.22. The Bertz CT molecular complexity index is 412. The van der Waals surface area contributed by atoms with Crippen LogP contribution in [0.4, 0.5) is 0 Å². The molecule has 2 N–H and O–H groups in total. The van der Waals surface area contributed by atoms with Crippen LogP contribution in [0.5, 0.6) is 0 Å². The summed E-state index contributed by atoms with van der Waals surface area (Å²) in [6.45, 7) is 7.34. The molecule has 0 aliphatic carbocycles. The highest BCUT2D eigenvalue weighted by atomic mass is 16.4. The van der Waals surface area contributed by atoms with Gasteiger partial charge in [-0.05, 0) is 42.9 Å². The SMILES string of the molecule is CCCCc1ccc(C(NCCCC(=O)O)C(C)C)cc1. The molecular formula is C18H29NO2. The zero-order chi connectivity index (χ0) is 15.7. The third kappa shape index (κ3) is 6.76. The molecule has 0 aromatic heterocycles. The quantitative estimate of drug-likeness (QED) is 0.636. The molecule has 1 rings (SSSR count). The van der Waals surface area contributed by atoms with Crippen LogP contribution >= 0.6 is 0 Å². The third-order valence-corrected chi connectivity index (χ3v) is 3.76. The van der Waals surface area contributed by atoms with Gasteiger partial charge >= 0.3 is 5.97 Å². The molecule has 0 saturated heterocycles. The average molecular weight is 291 g/mol. The highest BCUT2D eigenvalue weighted by Gasteiger charge is 2.14. The van der Waals surface area contributed by atoms with Gasteiger partial charge in [-0.25, -0.2) is 0 Å². The normalized spacial score (nSPS) is 12.6. The summed E-state index contributed by atoms with van der Waals surface area (Å²) in [5.41, 5.74) is 2.69.